The highest BCUT2D eigenvalue weighted by atomic mass is 19.1. The van der Waals surface area contributed by atoms with Crippen molar-refractivity contribution in [2.45, 2.75) is 19.4 Å². The van der Waals surface area contributed by atoms with Crippen molar-refractivity contribution in [2.75, 3.05) is 20.3 Å². The van der Waals surface area contributed by atoms with Gasteiger partial charge in [0.1, 0.15) is 17.3 Å². The third-order valence-corrected chi connectivity index (χ3v) is 6.85. The van der Waals surface area contributed by atoms with E-state index in [9.17, 15) is 24.2 Å². The number of aromatic nitrogens is 1. The third kappa shape index (κ3) is 4.79. The Bertz CT molecular complexity index is 1590. The number of halogens is 1. The number of benzene rings is 3. The van der Waals surface area contributed by atoms with E-state index in [1.807, 2.05) is 24.4 Å². The number of phenols is 1. The number of carbonyl (C=O) groups is 2. The molecule has 0 radical (unpaired) electrons. The summed E-state index contributed by atoms with van der Waals surface area (Å²) in [7, 11) is 1.59. The lowest BCUT2D eigenvalue weighted by molar-refractivity contribution is -0.139. The molecule has 0 spiro atoms. The van der Waals surface area contributed by atoms with E-state index in [0.717, 1.165) is 16.5 Å². The Labute approximate surface area is 223 Å². The summed E-state index contributed by atoms with van der Waals surface area (Å²) in [6.07, 6.45) is 2.26. The number of amides is 1. The minimum absolute atomic E-state index is 0.0937. The maximum Gasteiger partial charge on any atom is 0.295 e. The molecule has 200 valence electrons. The average Bonchev–Trinajstić information content (AvgIpc) is 3.46. The van der Waals surface area contributed by atoms with Crippen LogP contribution in [0.2, 0.25) is 0 Å². The number of aliphatic hydroxyl groups is 1. The summed E-state index contributed by atoms with van der Waals surface area (Å²) >= 11 is 0. The third-order valence-electron chi connectivity index (χ3n) is 6.85. The normalized spacial score (nSPS) is 16.7. The molecular weight excluding hydrogens is 503 g/mol. The van der Waals surface area contributed by atoms with Crippen LogP contribution in [-0.2, 0) is 16.0 Å². The molecule has 1 atom stereocenters. The lowest BCUT2D eigenvalue weighted by Crippen LogP contribution is -2.31. The molecule has 1 aliphatic rings. The summed E-state index contributed by atoms with van der Waals surface area (Å²) < 4.78 is 24.4. The SMILES string of the molecule is CCOc1cc([C@H]2C(=C(O)c3ccc(F)cc3)C(=O)C(=O)N2CCc2c[nH]c3ccc(OC)cc23)ccc1O. The minimum Gasteiger partial charge on any atom is -0.507 e. The van der Waals surface area contributed by atoms with Crippen molar-refractivity contribution >= 4 is 28.4 Å². The molecule has 39 heavy (non-hydrogen) atoms. The number of rotatable bonds is 8. The molecular formula is C30H27FN2O6. The number of carbonyl (C=O) groups excluding carboxylic acids is 2. The lowest BCUT2D eigenvalue weighted by Gasteiger charge is -2.26. The van der Waals surface area contributed by atoms with Crippen molar-refractivity contribution in [1.29, 1.82) is 0 Å². The standard InChI is InChI=1S/C30H27FN2O6/c1-3-39-25-14-18(6-11-24(25)34)27-26(28(35)17-4-7-20(31)8-5-17)29(36)30(37)33(27)13-12-19-16-32-23-10-9-21(38-2)15-22(19)23/h4-11,14-16,27,32,34-35H,3,12-13H2,1-2H3/t27-/m0/s1. The summed E-state index contributed by atoms with van der Waals surface area (Å²) in [6, 6.07) is 14.3. The Morgan fingerprint density at radius 3 is 2.56 bits per heavy atom. The van der Waals surface area contributed by atoms with Gasteiger partial charge in [-0.25, -0.2) is 4.39 Å². The highest BCUT2D eigenvalue weighted by molar-refractivity contribution is 6.46. The molecule has 1 aromatic heterocycles. The second kappa shape index (κ2) is 10.5. The number of hydrogen-bond donors (Lipinski definition) is 3. The molecule has 4 aromatic rings. The van der Waals surface area contributed by atoms with Crippen LogP contribution in [-0.4, -0.2) is 52.0 Å². The Morgan fingerprint density at radius 2 is 1.85 bits per heavy atom. The summed E-state index contributed by atoms with van der Waals surface area (Å²) in [4.78, 5) is 31.3. The Morgan fingerprint density at radius 1 is 1.08 bits per heavy atom. The summed E-state index contributed by atoms with van der Waals surface area (Å²) in [5, 5.41) is 22.4. The van der Waals surface area contributed by atoms with Gasteiger partial charge in [0.2, 0.25) is 0 Å². The van der Waals surface area contributed by atoms with Gasteiger partial charge in [0.25, 0.3) is 11.7 Å². The van der Waals surface area contributed by atoms with E-state index in [-0.39, 0.29) is 35.8 Å². The van der Waals surface area contributed by atoms with Crippen LogP contribution in [0.3, 0.4) is 0 Å². The largest absolute Gasteiger partial charge is 0.507 e. The van der Waals surface area contributed by atoms with Gasteiger partial charge in [0.15, 0.2) is 11.5 Å². The number of hydrogen-bond acceptors (Lipinski definition) is 6. The number of aliphatic hydroxyl groups excluding tert-OH is 1. The molecule has 0 aliphatic carbocycles. The van der Waals surface area contributed by atoms with Crippen molar-refractivity contribution in [3.8, 4) is 17.2 Å². The van der Waals surface area contributed by atoms with Crippen molar-refractivity contribution in [3.05, 3.63) is 94.9 Å². The molecule has 0 bridgehead atoms. The van der Waals surface area contributed by atoms with Gasteiger partial charge >= 0.3 is 0 Å². The topological polar surface area (TPSA) is 112 Å². The van der Waals surface area contributed by atoms with Gasteiger partial charge in [0.05, 0.1) is 25.3 Å². The first-order valence-electron chi connectivity index (χ1n) is 12.5. The van der Waals surface area contributed by atoms with Crippen LogP contribution in [0.4, 0.5) is 4.39 Å². The molecule has 5 rings (SSSR count). The number of nitrogens with one attached hydrogen (secondary N) is 1. The van der Waals surface area contributed by atoms with E-state index >= 15 is 0 Å². The molecule has 3 aromatic carbocycles. The summed E-state index contributed by atoms with van der Waals surface area (Å²) in [5.41, 5.74) is 2.37. The van der Waals surface area contributed by atoms with E-state index in [1.165, 1.54) is 35.2 Å². The average molecular weight is 531 g/mol. The summed E-state index contributed by atoms with van der Waals surface area (Å²) in [6.45, 7) is 2.21. The van der Waals surface area contributed by atoms with E-state index < -0.39 is 29.3 Å². The van der Waals surface area contributed by atoms with Gasteiger partial charge in [-0.2, -0.15) is 0 Å². The molecule has 3 N–H and O–H groups in total. The zero-order valence-corrected chi connectivity index (χ0v) is 21.4. The fourth-order valence-corrected chi connectivity index (χ4v) is 4.92. The van der Waals surface area contributed by atoms with Crippen LogP contribution >= 0.6 is 0 Å². The number of phenolic OH excluding ortho intramolecular Hbond substituents is 1. The number of H-pyrrole nitrogens is 1. The summed E-state index contributed by atoms with van der Waals surface area (Å²) in [5.74, 6) is -1.76. The van der Waals surface area contributed by atoms with E-state index in [4.69, 9.17) is 9.47 Å². The van der Waals surface area contributed by atoms with Gasteiger partial charge < -0.3 is 29.6 Å². The van der Waals surface area contributed by atoms with Gasteiger partial charge in [-0.05, 0) is 79.1 Å². The zero-order chi connectivity index (χ0) is 27.7. The van der Waals surface area contributed by atoms with E-state index in [2.05, 4.69) is 4.98 Å². The van der Waals surface area contributed by atoms with Gasteiger partial charge in [-0.3, -0.25) is 9.59 Å². The smallest absolute Gasteiger partial charge is 0.295 e. The number of methoxy groups -OCH3 is 1. The minimum atomic E-state index is -0.963. The van der Waals surface area contributed by atoms with Crippen LogP contribution in [0.15, 0.2) is 72.4 Å². The predicted molar refractivity (Wildman–Crippen MR) is 143 cm³/mol. The molecule has 1 saturated heterocycles. The van der Waals surface area contributed by atoms with Crippen LogP contribution in [0.1, 0.15) is 29.7 Å². The number of nitrogens with zero attached hydrogens (tertiary/aromatic N) is 1. The number of aromatic amines is 1. The van der Waals surface area contributed by atoms with Crippen molar-refractivity contribution in [3.63, 3.8) is 0 Å². The van der Waals surface area contributed by atoms with Crippen LogP contribution in [0.5, 0.6) is 17.2 Å². The maximum atomic E-state index is 13.5. The molecule has 1 amide bonds. The Balaban J connectivity index is 1.58. The number of ether oxygens (including phenoxy) is 2. The predicted octanol–water partition coefficient (Wildman–Crippen LogP) is 5.08. The Kier molecular flexibility index (Phi) is 6.98. The van der Waals surface area contributed by atoms with Crippen molar-refractivity contribution in [1.82, 2.24) is 9.88 Å². The second-order valence-electron chi connectivity index (χ2n) is 9.13. The number of ketones is 1. The fraction of sp³-hybridized carbons (Fsp3) is 0.200. The number of likely N-dealkylation sites (tertiary alicyclic amines) is 1. The molecule has 0 saturated carbocycles. The monoisotopic (exact) mass is 530 g/mol. The number of Topliss-reactive ketones (excluding diaryl/α,β-unsaturated/α-hetero) is 1. The lowest BCUT2D eigenvalue weighted by atomic mass is 9.94. The highest BCUT2D eigenvalue weighted by Gasteiger charge is 2.46. The molecule has 1 aliphatic heterocycles. The van der Waals surface area contributed by atoms with Gasteiger partial charge in [0, 0.05) is 29.2 Å². The Hall–Kier alpha value is -4.79. The quantitative estimate of drug-likeness (QED) is 0.166. The van der Waals surface area contributed by atoms with Crippen molar-refractivity contribution < 1.29 is 33.7 Å². The number of aromatic hydroxyl groups is 1. The molecule has 1 fully saturated rings. The second-order valence-corrected chi connectivity index (χ2v) is 9.13. The number of fused-ring (bicyclic) bond motifs is 1. The van der Waals surface area contributed by atoms with E-state index in [0.29, 0.717) is 17.7 Å². The molecule has 0 unspecified atom stereocenters. The molecule has 2 heterocycles. The molecule has 8 nitrogen and oxygen atoms in total. The van der Waals surface area contributed by atoms with Gasteiger partial charge in [-0.1, -0.05) is 6.07 Å². The first-order chi connectivity index (χ1) is 18.8. The van der Waals surface area contributed by atoms with Crippen LogP contribution < -0.4 is 9.47 Å². The van der Waals surface area contributed by atoms with Crippen LogP contribution in [0.25, 0.3) is 16.7 Å². The highest BCUT2D eigenvalue weighted by Crippen LogP contribution is 2.42. The first kappa shape index (κ1) is 25.8. The van der Waals surface area contributed by atoms with Crippen LogP contribution in [0, 0.1) is 5.82 Å². The fourth-order valence-electron chi connectivity index (χ4n) is 4.92. The zero-order valence-electron chi connectivity index (χ0n) is 21.4. The van der Waals surface area contributed by atoms with Crippen molar-refractivity contribution in [2.24, 2.45) is 0 Å². The van der Waals surface area contributed by atoms with Gasteiger partial charge in [-0.15, -0.1) is 0 Å². The maximum absolute atomic E-state index is 13.5. The van der Waals surface area contributed by atoms with E-state index in [1.54, 1.807) is 26.2 Å². The first-order valence-corrected chi connectivity index (χ1v) is 12.5. The molecule has 9 heteroatoms.